The molecular weight excluding hydrogens is 224 g/mol. The van der Waals surface area contributed by atoms with Gasteiger partial charge in [-0.1, -0.05) is 24.3 Å². The van der Waals surface area contributed by atoms with E-state index >= 15 is 0 Å². The third-order valence-corrected chi connectivity index (χ3v) is 3.55. The van der Waals surface area contributed by atoms with Gasteiger partial charge < -0.3 is 4.74 Å². The van der Waals surface area contributed by atoms with E-state index in [1.807, 2.05) is 39.8 Å². The second-order valence-electron chi connectivity index (χ2n) is 5.92. The third kappa shape index (κ3) is 2.64. The molecule has 0 fully saturated rings. The van der Waals surface area contributed by atoms with Gasteiger partial charge in [-0.05, 0) is 51.7 Å². The molecule has 0 amide bonds. The SMILES string of the molecule is CC(C)OC(C)(C)C(=O)C1Cc2ccccc2C1. The van der Waals surface area contributed by atoms with E-state index in [0.29, 0.717) is 0 Å². The highest BCUT2D eigenvalue weighted by atomic mass is 16.5. The molecule has 1 aromatic carbocycles. The molecule has 0 N–H and O–H groups in total. The number of benzene rings is 1. The van der Waals surface area contributed by atoms with Crippen LogP contribution in [0.25, 0.3) is 0 Å². The molecule has 0 bridgehead atoms. The van der Waals surface area contributed by atoms with Gasteiger partial charge in [0.05, 0.1) is 6.10 Å². The van der Waals surface area contributed by atoms with Crippen LogP contribution in [-0.2, 0) is 22.4 Å². The highest BCUT2D eigenvalue weighted by molar-refractivity contribution is 5.89. The second kappa shape index (κ2) is 4.85. The Morgan fingerprint density at radius 3 is 2.17 bits per heavy atom. The summed E-state index contributed by atoms with van der Waals surface area (Å²) in [5.41, 5.74) is 1.95. The molecule has 18 heavy (non-hydrogen) atoms. The van der Waals surface area contributed by atoms with Crippen LogP contribution in [0.2, 0.25) is 0 Å². The molecule has 2 nitrogen and oxygen atoms in total. The van der Waals surface area contributed by atoms with Crippen molar-refractivity contribution in [1.29, 1.82) is 0 Å². The number of hydrogen-bond donors (Lipinski definition) is 0. The summed E-state index contributed by atoms with van der Waals surface area (Å²) in [5.74, 6) is 0.309. The Morgan fingerprint density at radius 1 is 1.22 bits per heavy atom. The van der Waals surface area contributed by atoms with Gasteiger partial charge in [0.25, 0.3) is 0 Å². The van der Waals surface area contributed by atoms with Crippen molar-refractivity contribution in [3.63, 3.8) is 0 Å². The summed E-state index contributed by atoms with van der Waals surface area (Å²) in [6, 6.07) is 8.33. The molecule has 0 unspecified atom stereocenters. The number of ether oxygens (including phenoxy) is 1. The molecule has 0 aliphatic heterocycles. The van der Waals surface area contributed by atoms with Crippen LogP contribution in [0.4, 0.5) is 0 Å². The average molecular weight is 246 g/mol. The summed E-state index contributed by atoms with van der Waals surface area (Å²) < 4.78 is 5.76. The largest absolute Gasteiger partial charge is 0.365 e. The standard InChI is InChI=1S/C16H22O2/c1-11(2)18-16(3,4)15(17)14-9-12-7-5-6-8-13(12)10-14/h5-8,11,14H,9-10H2,1-4H3. The smallest absolute Gasteiger partial charge is 0.167 e. The lowest BCUT2D eigenvalue weighted by molar-refractivity contribution is -0.149. The minimum Gasteiger partial charge on any atom is -0.365 e. The monoisotopic (exact) mass is 246 g/mol. The van der Waals surface area contributed by atoms with Crippen molar-refractivity contribution in [1.82, 2.24) is 0 Å². The maximum atomic E-state index is 12.5. The molecular formula is C16H22O2. The van der Waals surface area contributed by atoms with Crippen molar-refractivity contribution in [2.45, 2.75) is 52.2 Å². The van der Waals surface area contributed by atoms with Crippen molar-refractivity contribution in [3.05, 3.63) is 35.4 Å². The summed E-state index contributed by atoms with van der Waals surface area (Å²) in [6.07, 6.45) is 1.80. The number of ketones is 1. The molecule has 2 rings (SSSR count). The maximum absolute atomic E-state index is 12.5. The fourth-order valence-corrected chi connectivity index (χ4v) is 2.88. The zero-order valence-corrected chi connectivity index (χ0v) is 11.7. The van der Waals surface area contributed by atoms with Crippen LogP contribution in [0.5, 0.6) is 0 Å². The van der Waals surface area contributed by atoms with Gasteiger partial charge in [-0.3, -0.25) is 4.79 Å². The van der Waals surface area contributed by atoms with Crippen LogP contribution < -0.4 is 0 Å². The second-order valence-corrected chi connectivity index (χ2v) is 5.92. The molecule has 0 radical (unpaired) electrons. The van der Waals surface area contributed by atoms with Gasteiger partial charge >= 0.3 is 0 Å². The van der Waals surface area contributed by atoms with Crippen molar-refractivity contribution in [2.24, 2.45) is 5.92 Å². The number of fused-ring (bicyclic) bond motifs is 1. The lowest BCUT2D eigenvalue weighted by Gasteiger charge is -2.28. The molecule has 0 spiro atoms. The lowest BCUT2D eigenvalue weighted by Crippen LogP contribution is -2.41. The van der Waals surface area contributed by atoms with Crippen LogP contribution >= 0.6 is 0 Å². The molecule has 2 heteroatoms. The van der Waals surface area contributed by atoms with E-state index in [4.69, 9.17) is 4.74 Å². The third-order valence-electron chi connectivity index (χ3n) is 3.55. The number of carbonyl (C=O) groups excluding carboxylic acids is 1. The van der Waals surface area contributed by atoms with Crippen LogP contribution in [0.3, 0.4) is 0 Å². The topological polar surface area (TPSA) is 26.3 Å². The fourth-order valence-electron chi connectivity index (χ4n) is 2.88. The van der Waals surface area contributed by atoms with E-state index in [1.54, 1.807) is 0 Å². The van der Waals surface area contributed by atoms with Crippen LogP contribution in [0, 0.1) is 5.92 Å². The van der Waals surface area contributed by atoms with Crippen LogP contribution in [-0.4, -0.2) is 17.5 Å². The Hall–Kier alpha value is -1.15. The van der Waals surface area contributed by atoms with Crippen molar-refractivity contribution in [2.75, 3.05) is 0 Å². The van der Waals surface area contributed by atoms with Gasteiger partial charge in [-0.2, -0.15) is 0 Å². The number of rotatable bonds is 4. The van der Waals surface area contributed by atoms with E-state index in [2.05, 4.69) is 12.1 Å². The minimum absolute atomic E-state index is 0.0766. The predicted octanol–water partition coefficient (Wildman–Crippen LogP) is 3.17. The van der Waals surface area contributed by atoms with Crippen LogP contribution in [0.1, 0.15) is 38.8 Å². The Morgan fingerprint density at radius 2 is 1.72 bits per heavy atom. The van der Waals surface area contributed by atoms with Crippen molar-refractivity contribution < 1.29 is 9.53 Å². The Kier molecular flexibility index (Phi) is 3.58. The number of carbonyl (C=O) groups is 1. The molecule has 1 aliphatic carbocycles. The van der Waals surface area contributed by atoms with Gasteiger partial charge in [-0.15, -0.1) is 0 Å². The number of Topliss-reactive ketones (excluding diaryl/α,β-unsaturated/α-hetero) is 1. The first kappa shape index (κ1) is 13.3. The normalized spacial score (nSPS) is 16.1. The summed E-state index contributed by atoms with van der Waals surface area (Å²) >= 11 is 0. The first-order valence-corrected chi connectivity index (χ1v) is 6.69. The van der Waals surface area contributed by atoms with E-state index < -0.39 is 5.60 Å². The molecule has 0 saturated carbocycles. The molecule has 1 aliphatic rings. The highest BCUT2D eigenvalue weighted by Crippen LogP contribution is 2.31. The summed E-state index contributed by atoms with van der Waals surface area (Å²) in [7, 11) is 0. The minimum atomic E-state index is -0.680. The molecule has 0 heterocycles. The average Bonchev–Trinajstić information content (AvgIpc) is 2.69. The van der Waals surface area contributed by atoms with E-state index in [-0.39, 0.29) is 17.8 Å². The summed E-state index contributed by atoms with van der Waals surface area (Å²) in [5, 5.41) is 0. The Bertz CT molecular complexity index is 421. The van der Waals surface area contributed by atoms with Crippen molar-refractivity contribution in [3.8, 4) is 0 Å². The zero-order valence-electron chi connectivity index (χ0n) is 11.7. The first-order valence-electron chi connectivity index (χ1n) is 6.69. The zero-order chi connectivity index (χ0) is 13.3. The summed E-state index contributed by atoms with van der Waals surface area (Å²) in [6.45, 7) is 7.72. The molecule has 0 aromatic heterocycles. The van der Waals surface area contributed by atoms with Gasteiger partial charge in [0.1, 0.15) is 5.60 Å². The molecule has 98 valence electrons. The van der Waals surface area contributed by atoms with Gasteiger partial charge in [0.15, 0.2) is 5.78 Å². The van der Waals surface area contributed by atoms with Gasteiger partial charge in [0.2, 0.25) is 0 Å². The molecule has 1 aromatic rings. The van der Waals surface area contributed by atoms with Crippen molar-refractivity contribution >= 4 is 5.78 Å². The fraction of sp³-hybridized carbons (Fsp3) is 0.562. The summed E-state index contributed by atoms with van der Waals surface area (Å²) in [4.78, 5) is 12.5. The Labute approximate surface area is 109 Å². The first-order chi connectivity index (χ1) is 8.40. The highest BCUT2D eigenvalue weighted by Gasteiger charge is 2.37. The van der Waals surface area contributed by atoms with E-state index in [0.717, 1.165) is 12.8 Å². The quantitative estimate of drug-likeness (QED) is 0.815. The maximum Gasteiger partial charge on any atom is 0.167 e. The molecule has 0 saturated heterocycles. The van der Waals surface area contributed by atoms with E-state index in [9.17, 15) is 4.79 Å². The van der Waals surface area contributed by atoms with Gasteiger partial charge in [-0.25, -0.2) is 0 Å². The number of hydrogen-bond acceptors (Lipinski definition) is 2. The van der Waals surface area contributed by atoms with Crippen LogP contribution in [0.15, 0.2) is 24.3 Å². The molecule has 0 atom stereocenters. The predicted molar refractivity (Wildman–Crippen MR) is 72.6 cm³/mol. The Balaban J connectivity index is 2.09. The lowest BCUT2D eigenvalue weighted by atomic mass is 9.89. The van der Waals surface area contributed by atoms with E-state index in [1.165, 1.54) is 11.1 Å². The van der Waals surface area contributed by atoms with Gasteiger partial charge in [0, 0.05) is 5.92 Å².